The summed E-state index contributed by atoms with van der Waals surface area (Å²) in [5, 5.41) is 0. The standard InChI is InChI=1S/C20H25S4/c1-5-21-16-12-10-13-17(22-6-2)19(16)15-11-9-14-18(23-7-3)20(15)24-8-4/h9-12,14H,5-8H2,1-4H3. The quantitative estimate of drug-likeness (QED) is 0.402. The minimum atomic E-state index is 1.07. The Morgan fingerprint density at radius 3 is 2.08 bits per heavy atom. The molecule has 0 aliphatic rings. The van der Waals surface area contributed by atoms with Crippen molar-refractivity contribution in [2.24, 2.45) is 0 Å². The summed E-state index contributed by atoms with van der Waals surface area (Å²) < 4.78 is 0. The van der Waals surface area contributed by atoms with Crippen LogP contribution in [0.4, 0.5) is 0 Å². The molecule has 0 atom stereocenters. The smallest absolute Gasteiger partial charge is 0.0287 e. The summed E-state index contributed by atoms with van der Waals surface area (Å²) in [6.07, 6.45) is 0. The highest BCUT2D eigenvalue weighted by molar-refractivity contribution is 8.02. The molecule has 0 spiro atoms. The van der Waals surface area contributed by atoms with E-state index >= 15 is 0 Å². The second-order valence-electron chi connectivity index (χ2n) is 4.91. The lowest BCUT2D eigenvalue weighted by Gasteiger charge is -2.18. The van der Waals surface area contributed by atoms with E-state index in [4.69, 9.17) is 0 Å². The zero-order chi connectivity index (χ0) is 17.4. The maximum atomic E-state index is 3.49. The molecule has 129 valence electrons. The van der Waals surface area contributed by atoms with E-state index in [-0.39, 0.29) is 0 Å². The van der Waals surface area contributed by atoms with Crippen molar-refractivity contribution in [3.05, 3.63) is 36.4 Å². The van der Waals surface area contributed by atoms with Gasteiger partial charge in [-0.25, -0.2) is 0 Å². The Labute approximate surface area is 164 Å². The topological polar surface area (TPSA) is 0 Å². The van der Waals surface area contributed by atoms with Gasteiger partial charge < -0.3 is 0 Å². The van der Waals surface area contributed by atoms with Gasteiger partial charge in [-0.05, 0) is 46.8 Å². The Morgan fingerprint density at radius 2 is 1.42 bits per heavy atom. The lowest BCUT2D eigenvalue weighted by atomic mass is 10.1. The van der Waals surface area contributed by atoms with E-state index in [2.05, 4.69) is 64.1 Å². The molecule has 2 aromatic carbocycles. The highest BCUT2D eigenvalue weighted by atomic mass is 32.2. The molecule has 0 heterocycles. The van der Waals surface area contributed by atoms with Crippen molar-refractivity contribution in [1.82, 2.24) is 0 Å². The maximum Gasteiger partial charge on any atom is 0.0287 e. The first-order valence-electron chi connectivity index (χ1n) is 8.45. The monoisotopic (exact) mass is 393 g/mol. The van der Waals surface area contributed by atoms with Gasteiger partial charge in [0.1, 0.15) is 0 Å². The highest BCUT2D eigenvalue weighted by Crippen LogP contribution is 2.45. The molecule has 0 nitrogen and oxygen atoms in total. The van der Waals surface area contributed by atoms with Crippen molar-refractivity contribution < 1.29 is 0 Å². The molecule has 2 rings (SSSR count). The van der Waals surface area contributed by atoms with E-state index in [1.165, 1.54) is 30.7 Å². The van der Waals surface area contributed by atoms with Gasteiger partial charge in [-0.1, -0.05) is 45.9 Å². The molecule has 0 amide bonds. The second kappa shape index (κ2) is 10.7. The fraction of sp³-hybridized carbons (Fsp3) is 0.400. The molecule has 2 aromatic rings. The maximum absolute atomic E-state index is 3.49. The van der Waals surface area contributed by atoms with Crippen LogP contribution in [0.3, 0.4) is 0 Å². The molecule has 0 fully saturated rings. The number of rotatable bonds is 9. The van der Waals surface area contributed by atoms with Gasteiger partial charge in [0.2, 0.25) is 0 Å². The molecular formula is C20H25S4. The van der Waals surface area contributed by atoms with Crippen molar-refractivity contribution in [2.45, 2.75) is 47.3 Å². The molecule has 1 radical (unpaired) electrons. The summed E-state index contributed by atoms with van der Waals surface area (Å²) in [5.74, 6) is 4.36. The van der Waals surface area contributed by atoms with Crippen LogP contribution >= 0.6 is 47.0 Å². The number of thioether (sulfide) groups is 4. The molecule has 0 aromatic heterocycles. The van der Waals surface area contributed by atoms with E-state index in [0.29, 0.717) is 0 Å². The third kappa shape index (κ3) is 4.94. The van der Waals surface area contributed by atoms with Crippen molar-refractivity contribution in [3.8, 4) is 11.1 Å². The zero-order valence-corrected chi connectivity index (χ0v) is 18.1. The molecular weight excluding hydrogens is 368 g/mol. The van der Waals surface area contributed by atoms with Gasteiger partial charge in [0.15, 0.2) is 0 Å². The van der Waals surface area contributed by atoms with Crippen LogP contribution in [0.5, 0.6) is 0 Å². The first-order chi connectivity index (χ1) is 11.8. The molecule has 0 bridgehead atoms. The third-order valence-corrected chi connectivity index (χ3v) is 7.27. The molecule has 0 aliphatic carbocycles. The van der Waals surface area contributed by atoms with Gasteiger partial charge in [0.25, 0.3) is 0 Å². The van der Waals surface area contributed by atoms with E-state index in [0.717, 1.165) is 23.0 Å². The first kappa shape index (κ1) is 20.2. The normalized spacial score (nSPS) is 11.0. The van der Waals surface area contributed by atoms with E-state index in [9.17, 15) is 0 Å². The Hall–Kier alpha value is -0.160. The van der Waals surface area contributed by atoms with Gasteiger partial charge in [0.05, 0.1) is 0 Å². The van der Waals surface area contributed by atoms with E-state index in [1.807, 2.05) is 47.0 Å². The van der Waals surface area contributed by atoms with Gasteiger partial charge in [0, 0.05) is 25.1 Å². The largest absolute Gasteiger partial charge is 0.126 e. The summed E-state index contributed by atoms with van der Waals surface area (Å²) in [7, 11) is 0. The minimum absolute atomic E-state index is 1.07. The average Bonchev–Trinajstić information content (AvgIpc) is 2.58. The predicted octanol–water partition coefficient (Wildman–Crippen LogP) is 7.60. The van der Waals surface area contributed by atoms with Crippen LogP contribution in [0.2, 0.25) is 0 Å². The Balaban J connectivity index is 2.67. The van der Waals surface area contributed by atoms with Crippen molar-refractivity contribution in [3.63, 3.8) is 0 Å². The van der Waals surface area contributed by atoms with Crippen LogP contribution in [-0.4, -0.2) is 23.0 Å². The van der Waals surface area contributed by atoms with Crippen molar-refractivity contribution in [2.75, 3.05) is 23.0 Å². The Kier molecular flexibility index (Phi) is 9.02. The summed E-state index contributed by atoms with van der Waals surface area (Å²) >= 11 is 7.74. The molecule has 0 saturated carbocycles. The first-order valence-corrected chi connectivity index (χ1v) is 12.4. The molecule has 4 heteroatoms. The molecule has 24 heavy (non-hydrogen) atoms. The van der Waals surface area contributed by atoms with E-state index in [1.54, 1.807) is 0 Å². The van der Waals surface area contributed by atoms with Crippen LogP contribution in [0.15, 0.2) is 49.9 Å². The third-order valence-electron chi connectivity index (χ3n) is 3.35. The molecule has 0 aliphatic heterocycles. The van der Waals surface area contributed by atoms with Crippen LogP contribution in [0.1, 0.15) is 27.7 Å². The fourth-order valence-corrected chi connectivity index (χ4v) is 6.13. The van der Waals surface area contributed by atoms with Crippen molar-refractivity contribution >= 4 is 47.0 Å². The zero-order valence-electron chi connectivity index (χ0n) is 14.8. The Morgan fingerprint density at radius 1 is 0.750 bits per heavy atom. The van der Waals surface area contributed by atoms with Gasteiger partial charge in [-0.15, -0.1) is 47.0 Å². The lowest BCUT2D eigenvalue weighted by molar-refractivity contribution is 1.20. The van der Waals surface area contributed by atoms with Gasteiger partial charge in [-0.3, -0.25) is 0 Å². The summed E-state index contributed by atoms with van der Waals surface area (Å²) in [6.45, 7) is 8.91. The van der Waals surface area contributed by atoms with Gasteiger partial charge in [-0.2, -0.15) is 0 Å². The number of benzene rings is 2. The second-order valence-corrected chi connectivity index (χ2v) is 10.1. The van der Waals surface area contributed by atoms with Crippen molar-refractivity contribution in [1.29, 1.82) is 0 Å². The lowest BCUT2D eigenvalue weighted by Crippen LogP contribution is -1.93. The molecule has 0 N–H and O–H groups in total. The van der Waals surface area contributed by atoms with Crippen LogP contribution in [-0.2, 0) is 0 Å². The fourth-order valence-electron chi connectivity index (χ4n) is 2.52. The van der Waals surface area contributed by atoms with Gasteiger partial charge >= 0.3 is 0 Å². The van der Waals surface area contributed by atoms with Crippen LogP contribution < -0.4 is 0 Å². The molecule has 0 unspecified atom stereocenters. The Bertz CT molecular complexity index is 628. The summed E-state index contributed by atoms with van der Waals surface area (Å²) in [5.41, 5.74) is 2.76. The predicted molar refractivity (Wildman–Crippen MR) is 116 cm³/mol. The van der Waals surface area contributed by atoms with E-state index < -0.39 is 0 Å². The van der Waals surface area contributed by atoms with Crippen LogP contribution in [0, 0.1) is 6.07 Å². The summed E-state index contributed by atoms with van der Waals surface area (Å²) in [4.78, 5) is 5.50. The summed E-state index contributed by atoms with van der Waals surface area (Å²) in [6, 6.07) is 14.6. The highest BCUT2D eigenvalue weighted by Gasteiger charge is 2.17. The average molecular weight is 394 g/mol. The molecule has 0 saturated heterocycles. The number of hydrogen-bond donors (Lipinski definition) is 0. The minimum Gasteiger partial charge on any atom is -0.126 e. The number of hydrogen-bond acceptors (Lipinski definition) is 4. The SMILES string of the molecule is CCSc1[c]ccc(SCC)c1-c1cccc(SCC)c1SCC. The van der Waals surface area contributed by atoms with Crippen LogP contribution in [0.25, 0.3) is 11.1 Å².